The Hall–Kier alpha value is -1.89. The lowest BCUT2D eigenvalue weighted by atomic mass is 10.0. The maximum Gasteiger partial charge on any atom is 0.245 e. The molecular weight excluding hydrogens is 384 g/mol. The van der Waals surface area contributed by atoms with Crippen molar-refractivity contribution in [1.29, 1.82) is 0 Å². The molecule has 4 rings (SSSR count). The van der Waals surface area contributed by atoms with Crippen LogP contribution in [0.3, 0.4) is 0 Å². The van der Waals surface area contributed by atoms with Crippen molar-refractivity contribution in [2.45, 2.75) is 36.6 Å². The second kappa shape index (κ2) is 7.26. The number of halogens is 1. The molecule has 0 saturated carbocycles. The average Bonchev–Trinajstić information content (AvgIpc) is 3.18. The van der Waals surface area contributed by atoms with Gasteiger partial charge >= 0.3 is 0 Å². The summed E-state index contributed by atoms with van der Waals surface area (Å²) in [6.45, 7) is 0.984. The minimum absolute atomic E-state index is 0.128. The summed E-state index contributed by atoms with van der Waals surface area (Å²) in [5, 5.41) is 0.480. The number of carbonyl (C=O) groups is 1. The van der Waals surface area contributed by atoms with Crippen molar-refractivity contribution in [1.82, 2.24) is 4.31 Å². The van der Waals surface area contributed by atoms with E-state index in [-0.39, 0.29) is 10.8 Å². The van der Waals surface area contributed by atoms with E-state index < -0.39 is 16.1 Å². The monoisotopic (exact) mass is 404 g/mol. The van der Waals surface area contributed by atoms with Gasteiger partial charge in [0.25, 0.3) is 0 Å². The normalized spacial score (nSPS) is 20.5. The van der Waals surface area contributed by atoms with Gasteiger partial charge in [0.2, 0.25) is 15.9 Å². The van der Waals surface area contributed by atoms with E-state index in [0.29, 0.717) is 31.0 Å². The number of fused-ring (bicyclic) bond motifs is 1. The van der Waals surface area contributed by atoms with Crippen molar-refractivity contribution >= 4 is 33.2 Å². The summed E-state index contributed by atoms with van der Waals surface area (Å²) >= 11 is 5.88. The maximum atomic E-state index is 13.3. The molecule has 2 aromatic rings. The van der Waals surface area contributed by atoms with Crippen molar-refractivity contribution in [3.05, 3.63) is 59.1 Å². The van der Waals surface area contributed by atoms with Crippen molar-refractivity contribution in [3.8, 4) is 0 Å². The second-order valence-corrected chi connectivity index (χ2v) is 9.28. The van der Waals surface area contributed by atoms with E-state index in [1.165, 1.54) is 16.4 Å². The van der Waals surface area contributed by atoms with Gasteiger partial charge in [-0.05, 0) is 61.6 Å². The molecule has 2 aliphatic rings. The van der Waals surface area contributed by atoms with Crippen LogP contribution in [0.1, 0.15) is 24.8 Å². The molecule has 7 heteroatoms. The Kier molecular flexibility index (Phi) is 4.97. The van der Waals surface area contributed by atoms with Gasteiger partial charge in [0.05, 0.1) is 4.90 Å². The van der Waals surface area contributed by atoms with E-state index in [4.69, 9.17) is 11.6 Å². The molecule has 0 spiro atoms. The summed E-state index contributed by atoms with van der Waals surface area (Å²) < 4.78 is 27.6. The van der Waals surface area contributed by atoms with Gasteiger partial charge in [-0.1, -0.05) is 29.8 Å². The number of sulfonamides is 1. The number of hydrogen-bond donors (Lipinski definition) is 0. The minimum atomic E-state index is -3.74. The zero-order valence-electron chi connectivity index (χ0n) is 14.8. The Bertz CT molecular complexity index is 959. The summed E-state index contributed by atoms with van der Waals surface area (Å²) in [4.78, 5) is 15.2. The third-order valence-corrected chi connectivity index (χ3v) is 7.46. The Labute approximate surface area is 164 Å². The summed E-state index contributed by atoms with van der Waals surface area (Å²) in [6.07, 6.45) is 3.06. The van der Waals surface area contributed by atoms with Crippen molar-refractivity contribution in [2.24, 2.45) is 0 Å². The highest BCUT2D eigenvalue weighted by atomic mass is 35.5. The molecule has 2 heterocycles. The molecule has 0 bridgehead atoms. The molecule has 1 atom stereocenters. The topological polar surface area (TPSA) is 57.7 Å². The van der Waals surface area contributed by atoms with Gasteiger partial charge in [-0.3, -0.25) is 4.79 Å². The van der Waals surface area contributed by atoms with Gasteiger partial charge < -0.3 is 4.90 Å². The average molecular weight is 405 g/mol. The van der Waals surface area contributed by atoms with E-state index in [1.807, 2.05) is 24.3 Å². The van der Waals surface area contributed by atoms with Crippen LogP contribution in [0.4, 0.5) is 5.69 Å². The van der Waals surface area contributed by atoms with Gasteiger partial charge in [-0.2, -0.15) is 4.31 Å². The highest BCUT2D eigenvalue weighted by Crippen LogP contribution is 2.32. The van der Waals surface area contributed by atoms with E-state index in [0.717, 1.165) is 24.1 Å². The van der Waals surface area contributed by atoms with Crippen LogP contribution >= 0.6 is 11.6 Å². The molecule has 0 aromatic heterocycles. The first-order valence-electron chi connectivity index (χ1n) is 9.15. The smallest absolute Gasteiger partial charge is 0.245 e. The Morgan fingerprint density at radius 3 is 2.52 bits per heavy atom. The third kappa shape index (κ3) is 3.37. The van der Waals surface area contributed by atoms with Crippen LogP contribution in [0.5, 0.6) is 0 Å². The van der Waals surface area contributed by atoms with Crippen LogP contribution in [-0.4, -0.2) is 37.8 Å². The van der Waals surface area contributed by atoms with Crippen LogP contribution in [0.2, 0.25) is 5.02 Å². The molecule has 2 aromatic carbocycles. The Morgan fingerprint density at radius 2 is 1.74 bits per heavy atom. The zero-order chi connectivity index (χ0) is 19.0. The highest BCUT2D eigenvalue weighted by molar-refractivity contribution is 7.89. The molecular formula is C20H21ClN2O3S. The molecule has 2 aliphatic heterocycles. The number of carbonyl (C=O) groups excluding carboxylic acids is 1. The molecule has 27 heavy (non-hydrogen) atoms. The van der Waals surface area contributed by atoms with Crippen LogP contribution in [0.25, 0.3) is 0 Å². The molecule has 0 radical (unpaired) electrons. The predicted molar refractivity (Wildman–Crippen MR) is 105 cm³/mol. The van der Waals surface area contributed by atoms with E-state index >= 15 is 0 Å². The Balaban J connectivity index is 1.64. The maximum absolute atomic E-state index is 13.3. The molecule has 1 fully saturated rings. The molecule has 1 saturated heterocycles. The molecule has 5 nitrogen and oxygen atoms in total. The number of nitrogens with zero attached hydrogens (tertiary/aromatic N) is 2. The fraction of sp³-hybridized carbons (Fsp3) is 0.350. The number of para-hydroxylation sites is 1. The van der Waals surface area contributed by atoms with Gasteiger partial charge in [0.15, 0.2) is 0 Å². The van der Waals surface area contributed by atoms with E-state index in [9.17, 15) is 13.2 Å². The molecule has 1 unspecified atom stereocenters. The number of hydrogen-bond acceptors (Lipinski definition) is 3. The van der Waals surface area contributed by atoms with Crippen molar-refractivity contribution in [2.75, 3.05) is 18.0 Å². The predicted octanol–water partition coefficient (Wildman–Crippen LogP) is 3.47. The number of aryl methyl sites for hydroxylation is 1. The van der Waals surface area contributed by atoms with Gasteiger partial charge in [-0.25, -0.2) is 8.42 Å². The van der Waals surface area contributed by atoms with Gasteiger partial charge in [-0.15, -0.1) is 0 Å². The fourth-order valence-electron chi connectivity index (χ4n) is 3.96. The number of benzene rings is 2. The van der Waals surface area contributed by atoms with Gasteiger partial charge in [0.1, 0.15) is 6.04 Å². The zero-order valence-corrected chi connectivity index (χ0v) is 16.4. The van der Waals surface area contributed by atoms with Crippen LogP contribution in [-0.2, 0) is 21.2 Å². The lowest BCUT2D eigenvalue weighted by molar-refractivity contribution is -0.121. The van der Waals surface area contributed by atoms with Crippen LogP contribution in [0.15, 0.2) is 53.4 Å². The quantitative estimate of drug-likeness (QED) is 0.787. The van der Waals surface area contributed by atoms with Gasteiger partial charge in [0, 0.05) is 23.8 Å². The summed E-state index contributed by atoms with van der Waals surface area (Å²) in [5.74, 6) is -0.128. The first-order valence-corrected chi connectivity index (χ1v) is 11.0. The molecule has 142 valence electrons. The SMILES string of the molecule is O=C(C1CCCN1S(=O)(=O)c1ccc(Cl)cc1)N1CCCc2ccccc21. The summed E-state index contributed by atoms with van der Waals surface area (Å²) in [6, 6.07) is 13.3. The summed E-state index contributed by atoms with van der Waals surface area (Å²) in [7, 11) is -3.74. The van der Waals surface area contributed by atoms with E-state index in [1.54, 1.807) is 17.0 Å². The van der Waals surface area contributed by atoms with Crippen LogP contribution < -0.4 is 4.90 Å². The third-order valence-electron chi connectivity index (χ3n) is 5.29. The number of amides is 1. The summed E-state index contributed by atoms with van der Waals surface area (Å²) in [5.41, 5.74) is 2.05. The lowest BCUT2D eigenvalue weighted by Gasteiger charge is -2.33. The minimum Gasteiger partial charge on any atom is -0.311 e. The van der Waals surface area contributed by atoms with Crippen molar-refractivity contribution in [3.63, 3.8) is 0 Å². The number of anilines is 1. The Morgan fingerprint density at radius 1 is 1.00 bits per heavy atom. The van der Waals surface area contributed by atoms with Crippen LogP contribution in [0, 0.1) is 0 Å². The number of rotatable bonds is 3. The molecule has 0 N–H and O–H groups in total. The molecule has 1 amide bonds. The fourth-order valence-corrected chi connectivity index (χ4v) is 5.74. The molecule has 0 aliphatic carbocycles. The van der Waals surface area contributed by atoms with E-state index in [2.05, 4.69) is 0 Å². The first-order chi connectivity index (χ1) is 13.0. The standard InChI is InChI=1S/C20H21ClN2O3S/c21-16-9-11-17(12-10-16)27(25,26)23-14-4-8-19(23)20(24)22-13-3-6-15-5-1-2-7-18(15)22/h1-2,5,7,9-12,19H,3-4,6,8,13-14H2. The largest absolute Gasteiger partial charge is 0.311 e. The first kappa shape index (κ1) is 18.5. The van der Waals surface area contributed by atoms with Crippen molar-refractivity contribution < 1.29 is 13.2 Å². The second-order valence-electron chi connectivity index (χ2n) is 6.95. The lowest BCUT2D eigenvalue weighted by Crippen LogP contribution is -2.49. The highest BCUT2D eigenvalue weighted by Gasteiger charge is 2.42.